The first kappa shape index (κ1) is 16.1. The molecule has 27 heavy (non-hydrogen) atoms. The maximum atomic E-state index is 4.78. The Morgan fingerprint density at radius 1 is 0.778 bits per heavy atom. The van der Waals surface area contributed by atoms with Gasteiger partial charge in [0.25, 0.3) is 0 Å². The molecule has 2 aromatic carbocycles. The Bertz CT molecular complexity index is 1130. The van der Waals surface area contributed by atoms with Crippen LogP contribution in [-0.4, -0.2) is 9.97 Å². The van der Waals surface area contributed by atoms with E-state index >= 15 is 0 Å². The topological polar surface area (TPSA) is 29.0 Å². The monoisotopic (exact) mass is 367 g/mol. The van der Waals surface area contributed by atoms with Gasteiger partial charge in [0, 0.05) is 18.0 Å². The van der Waals surface area contributed by atoms with Crippen molar-refractivity contribution in [1.29, 1.82) is 0 Å². The van der Waals surface area contributed by atoms with Crippen molar-refractivity contribution in [2.75, 3.05) is 4.90 Å². The zero-order valence-electron chi connectivity index (χ0n) is 14.8. The minimum Gasteiger partial charge on any atom is -0.277 e. The summed E-state index contributed by atoms with van der Waals surface area (Å²) in [4.78, 5) is 13.9. The molecule has 0 N–H and O–H groups in total. The van der Waals surface area contributed by atoms with Crippen molar-refractivity contribution in [1.82, 2.24) is 9.97 Å². The van der Waals surface area contributed by atoms with Gasteiger partial charge in [0.15, 0.2) is 11.6 Å². The summed E-state index contributed by atoms with van der Waals surface area (Å²) in [6, 6.07) is 25.2. The van der Waals surface area contributed by atoms with Crippen molar-refractivity contribution in [3.8, 4) is 11.1 Å². The van der Waals surface area contributed by atoms with Crippen LogP contribution in [0.1, 0.15) is 5.56 Å². The average Bonchev–Trinajstić information content (AvgIpc) is 2.72. The van der Waals surface area contributed by atoms with E-state index < -0.39 is 0 Å². The smallest absolute Gasteiger partial charge is 0.152 e. The van der Waals surface area contributed by atoms with Crippen LogP contribution in [0.2, 0.25) is 0 Å². The van der Waals surface area contributed by atoms with Crippen LogP contribution in [0.15, 0.2) is 95.0 Å². The van der Waals surface area contributed by atoms with Gasteiger partial charge in [0.1, 0.15) is 0 Å². The van der Waals surface area contributed by atoms with Crippen LogP contribution in [0, 0.1) is 6.92 Å². The van der Waals surface area contributed by atoms with E-state index in [4.69, 9.17) is 9.97 Å². The van der Waals surface area contributed by atoms with Gasteiger partial charge in [-0.05, 0) is 42.3 Å². The van der Waals surface area contributed by atoms with Gasteiger partial charge in [0.05, 0.1) is 15.5 Å². The first-order valence-corrected chi connectivity index (χ1v) is 9.67. The van der Waals surface area contributed by atoms with Crippen LogP contribution in [0.3, 0.4) is 0 Å². The number of aromatic nitrogens is 2. The van der Waals surface area contributed by atoms with E-state index in [1.165, 1.54) is 5.56 Å². The number of hydrogen-bond acceptors (Lipinski definition) is 4. The maximum absolute atomic E-state index is 4.78. The van der Waals surface area contributed by atoms with E-state index in [-0.39, 0.29) is 0 Å². The van der Waals surface area contributed by atoms with Gasteiger partial charge in [-0.15, -0.1) is 0 Å². The van der Waals surface area contributed by atoms with E-state index in [9.17, 15) is 0 Å². The highest BCUT2D eigenvalue weighted by atomic mass is 32.2. The predicted octanol–water partition coefficient (Wildman–Crippen LogP) is 6.39. The standard InChI is InChI=1S/C23H17N3S/c1-16-14-21-23(25-15-16)26(22-20(27-21)12-7-13-24-22)19-11-6-5-10-18(19)17-8-3-2-4-9-17/h2-15H,1H3. The number of benzene rings is 2. The van der Waals surface area contributed by atoms with E-state index in [1.807, 2.05) is 24.5 Å². The molecule has 0 aliphatic carbocycles. The molecule has 0 bridgehead atoms. The summed E-state index contributed by atoms with van der Waals surface area (Å²) in [6.07, 6.45) is 3.77. The molecule has 0 saturated carbocycles. The highest BCUT2D eigenvalue weighted by Gasteiger charge is 2.28. The molecule has 4 aromatic rings. The molecule has 5 rings (SSSR count). The number of para-hydroxylation sites is 1. The Kier molecular flexibility index (Phi) is 3.91. The molecule has 130 valence electrons. The minimum absolute atomic E-state index is 0.926. The minimum atomic E-state index is 0.926. The third kappa shape index (κ3) is 2.78. The second-order valence-corrected chi connectivity index (χ2v) is 7.56. The number of hydrogen-bond donors (Lipinski definition) is 0. The largest absolute Gasteiger partial charge is 0.277 e. The van der Waals surface area contributed by atoms with Crippen LogP contribution in [0.25, 0.3) is 11.1 Å². The van der Waals surface area contributed by atoms with Crippen LogP contribution in [-0.2, 0) is 0 Å². The molecule has 4 heteroatoms. The lowest BCUT2D eigenvalue weighted by Crippen LogP contribution is -2.18. The molecule has 0 radical (unpaired) electrons. The summed E-state index contributed by atoms with van der Waals surface area (Å²) in [7, 11) is 0. The fourth-order valence-corrected chi connectivity index (χ4v) is 4.48. The number of rotatable bonds is 2. The molecule has 3 heterocycles. The van der Waals surface area contributed by atoms with Gasteiger partial charge >= 0.3 is 0 Å². The zero-order chi connectivity index (χ0) is 18.2. The van der Waals surface area contributed by atoms with Gasteiger partial charge < -0.3 is 0 Å². The summed E-state index contributed by atoms with van der Waals surface area (Å²) in [5, 5.41) is 0. The van der Waals surface area contributed by atoms with Gasteiger partial charge in [0.2, 0.25) is 0 Å². The second-order valence-electron chi connectivity index (χ2n) is 6.48. The summed E-state index contributed by atoms with van der Waals surface area (Å²) in [5.74, 6) is 1.86. The Hall–Kier alpha value is -3.11. The third-order valence-corrected chi connectivity index (χ3v) is 5.65. The Morgan fingerprint density at radius 2 is 1.56 bits per heavy atom. The number of nitrogens with zero attached hydrogens (tertiary/aromatic N) is 3. The Morgan fingerprint density at radius 3 is 2.44 bits per heavy atom. The van der Waals surface area contributed by atoms with Crippen molar-refractivity contribution >= 4 is 29.1 Å². The number of pyridine rings is 2. The fourth-order valence-electron chi connectivity index (χ4n) is 3.39. The van der Waals surface area contributed by atoms with Gasteiger partial charge in [-0.3, -0.25) is 4.90 Å². The van der Waals surface area contributed by atoms with Crippen LogP contribution >= 0.6 is 11.8 Å². The van der Waals surface area contributed by atoms with Crippen molar-refractivity contribution in [3.05, 3.63) is 90.8 Å². The Labute approximate surface area is 162 Å². The van der Waals surface area contributed by atoms with Crippen molar-refractivity contribution in [2.45, 2.75) is 16.7 Å². The van der Waals surface area contributed by atoms with E-state index in [0.717, 1.165) is 38.2 Å². The molecule has 3 nitrogen and oxygen atoms in total. The molecule has 0 fully saturated rings. The van der Waals surface area contributed by atoms with Gasteiger partial charge in [-0.1, -0.05) is 60.3 Å². The molecule has 1 aliphatic rings. The molecule has 2 aromatic heterocycles. The predicted molar refractivity (Wildman–Crippen MR) is 111 cm³/mol. The van der Waals surface area contributed by atoms with E-state index in [1.54, 1.807) is 11.8 Å². The van der Waals surface area contributed by atoms with E-state index in [2.05, 4.69) is 72.5 Å². The van der Waals surface area contributed by atoms with Crippen LogP contribution in [0.5, 0.6) is 0 Å². The summed E-state index contributed by atoms with van der Waals surface area (Å²) in [6.45, 7) is 2.08. The first-order chi connectivity index (χ1) is 13.3. The molecule has 0 saturated heterocycles. The first-order valence-electron chi connectivity index (χ1n) is 8.85. The zero-order valence-corrected chi connectivity index (χ0v) is 15.6. The summed E-state index contributed by atoms with van der Waals surface area (Å²) in [5.41, 5.74) is 4.58. The Balaban J connectivity index is 1.78. The van der Waals surface area contributed by atoms with Crippen molar-refractivity contribution < 1.29 is 0 Å². The van der Waals surface area contributed by atoms with Gasteiger partial charge in [-0.2, -0.15) is 0 Å². The molecule has 0 spiro atoms. The molecule has 0 amide bonds. The maximum Gasteiger partial charge on any atom is 0.152 e. The van der Waals surface area contributed by atoms with Gasteiger partial charge in [-0.25, -0.2) is 9.97 Å². The lowest BCUT2D eigenvalue weighted by Gasteiger charge is -2.32. The number of fused-ring (bicyclic) bond motifs is 2. The second kappa shape index (κ2) is 6.56. The quantitative estimate of drug-likeness (QED) is 0.362. The van der Waals surface area contributed by atoms with Crippen molar-refractivity contribution in [2.24, 2.45) is 0 Å². The van der Waals surface area contributed by atoms with E-state index in [0.29, 0.717) is 0 Å². The number of anilines is 3. The van der Waals surface area contributed by atoms with Crippen LogP contribution in [0.4, 0.5) is 17.3 Å². The normalized spacial score (nSPS) is 12.4. The SMILES string of the molecule is Cc1cnc2c(c1)Sc1cccnc1N2c1ccccc1-c1ccccc1. The molecule has 1 aliphatic heterocycles. The molecule has 0 atom stereocenters. The number of aryl methyl sites for hydroxylation is 1. The fraction of sp³-hybridized carbons (Fsp3) is 0.0435. The molecule has 0 unspecified atom stereocenters. The van der Waals surface area contributed by atoms with Crippen LogP contribution < -0.4 is 4.90 Å². The average molecular weight is 367 g/mol. The summed E-state index contributed by atoms with van der Waals surface area (Å²) < 4.78 is 0. The highest BCUT2D eigenvalue weighted by molar-refractivity contribution is 7.99. The third-order valence-electron chi connectivity index (χ3n) is 4.59. The molecular weight excluding hydrogens is 350 g/mol. The lowest BCUT2D eigenvalue weighted by atomic mass is 10.0. The lowest BCUT2D eigenvalue weighted by molar-refractivity contribution is 1.03. The van der Waals surface area contributed by atoms with Crippen molar-refractivity contribution in [3.63, 3.8) is 0 Å². The molecular formula is C23H17N3S. The summed E-state index contributed by atoms with van der Waals surface area (Å²) >= 11 is 1.73. The highest BCUT2D eigenvalue weighted by Crippen LogP contribution is 2.51.